The van der Waals surface area contributed by atoms with Crippen LogP contribution in [-0.4, -0.2) is 4.98 Å². The minimum atomic E-state index is 0.559. The van der Waals surface area contributed by atoms with Gasteiger partial charge in [0.05, 0.1) is 10.7 Å². The molecule has 1 heterocycles. The first kappa shape index (κ1) is 13.4. The van der Waals surface area contributed by atoms with Crippen molar-refractivity contribution in [1.29, 1.82) is 5.26 Å². The van der Waals surface area contributed by atoms with Crippen molar-refractivity contribution in [2.75, 3.05) is 0 Å². The molecule has 0 radical (unpaired) electrons. The summed E-state index contributed by atoms with van der Waals surface area (Å²) in [7, 11) is 0. The minimum Gasteiger partial charge on any atom is -0.240 e. The van der Waals surface area contributed by atoms with E-state index in [1.54, 1.807) is 12.1 Å². The van der Waals surface area contributed by atoms with Gasteiger partial charge in [-0.1, -0.05) is 36.5 Å². The molecule has 92 valence electrons. The largest absolute Gasteiger partial charge is 0.240 e. The molecule has 1 aromatic heterocycles. The van der Waals surface area contributed by atoms with Crippen molar-refractivity contribution >= 4 is 34.5 Å². The van der Waals surface area contributed by atoms with Crippen LogP contribution in [0.25, 0.3) is 10.6 Å². The zero-order chi connectivity index (χ0) is 13.1. The molecule has 2 aromatic rings. The molecule has 18 heavy (non-hydrogen) atoms. The maximum absolute atomic E-state index is 9.09. The molecule has 0 bridgehead atoms. The van der Waals surface area contributed by atoms with E-state index in [1.165, 1.54) is 11.3 Å². The number of hydrogen-bond acceptors (Lipinski definition) is 3. The monoisotopic (exact) mass is 296 g/mol. The van der Waals surface area contributed by atoms with Gasteiger partial charge in [0.2, 0.25) is 0 Å². The normalized spacial score (nSPS) is 10.3. The van der Waals surface area contributed by atoms with E-state index in [0.29, 0.717) is 14.9 Å². The van der Waals surface area contributed by atoms with Gasteiger partial charge in [0, 0.05) is 10.6 Å². The van der Waals surface area contributed by atoms with Gasteiger partial charge in [-0.15, -0.1) is 11.3 Å². The van der Waals surface area contributed by atoms with Crippen molar-refractivity contribution in [3.63, 3.8) is 0 Å². The second-order valence-corrected chi connectivity index (χ2v) is 5.62. The minimum absolute atomic E-state index is 0.559. The topological polar surface area (TPSA) is 36.7 Å². The van der Waals surface area contributed by atoms with Crippen LogP contribution in [0.4, 0.5) is 0 Å². The molecule has 0 N–H and O–H groups in total. The molecule has 0 aliphatic carbocycles. The number of nitriles is 1. The highest BCUT2D eigenvalue weighted by Crippen LogP contribution is 2.34. The zero-order valence-electron chi connectivity index (χ0n) is 9.70. The molecule has 0 atom stereocenters. The van der Waals surface area contributed by atoms with Crippen LogP contribution in [0, 0.1) is 11.3 Å². The van der Waals surface area contributed by atoms with Crippen molar-refractivity contribution in [1.82, 2.24) is 4.98 Å². The highest BCUT2D eigenvalue weighted by atomic mass is 35.5. The Balaban J connectivity index is 2.48. The lowest BCUT2D eigenvalue weighted by molar-refractivity contribution is 0.890. The van der Waals surface area contributed by atoms with Gasteiger partial charge in [-0.3, -0.25) is 0 Å². The Kier molecular flexibility index (Phi) is 4.23. The Labute approximate surface area is 120 Å². The van der Waals surface area contributed by atoms with Gasteiger partial charge in [0.1, 0.15) is 16.0 Å². The third-order valence-corrected chi connectivity index (χ3v) is 4.03. The fourth-order valence-corrected chi connectivity index (χ4v) is 3.13. The lowest BCUT2D eigenvalue weighted by Crippen LogP contribution is -1.86. The van der Waals surface area contributed by atoms with Gasteiger partial charge < -0.3 is 0 Å². The second-order valence-electron chi connectivity index (χ2n) is 3.78. The number of hydrogen-bond donors (Lipinski definition) is 0. The Morgan fingerprint density at radius 3 is 2.78 bits per heavy atom. The van der Waals surface area contributed by atoms with E-state index in [2.05, 4.69) is 18.0 Å². The molecule has 1 aromatic carbocycles. The third-order valence-electron chi connectivity index (χ3n) is 2.45. The van der Waals surface area contributed by atoms with Crippen molar-refractivity contribution < 1.29 is 0 Å². The van der Waals surface area contributed by atoms with Crippen molar-refractivity contribution in [2.45, 2.75) is 19.8 Å². The molecule has 0 aliphatic rings. The SMILES string of the molecule is CCCc1nc(-c2ccc(Cl)cc2Cl)sc1C#N. The lowest BCUT2D eigenvalue weighted by Gasteiger charge is -2.00. The van der Waals surface area contributed by atoms with E-state index in [1.807, 2.05) is 6.07 Å². The molecule has 0 fully saturated rings. The maximum atomic E-state index is 9.09. The smallest absolute Gasteiger partial charge is 0.128 e. The van der Waals surface area contributed by atoms with E-state index >= 15 is 0 Å². The third kappa shape index (κ3) is 2.67. The Bertz CT molecular complexity index is 614. The van der Waals surface area contributed by atoms with Crippen LogP contribution in [0.5, 0.6) is 0 Å². The van der Waals surface area contributed by atoms with Gasteiger partial charge in [-0.25, -0.2) is 4.98 Å². The summed E-state index contributed by atoms with van der Waals surface area (Å²) >= 11 is 13.4. The number of halogens is 2. The number of thiazole rings is 1. The molecule has 0 spiro atoms. The molecule has 0 saturated heterocycles. The molecule has 5 heteroatoms. The number of aromatic nitrogens is 1. The molecule has 0 saturated carbocycles. The number of aryl methyl sites for hydroxylation is 1. The predicted molar refractivity (Wildman–Crippen MR) is 76.3 cm³/mol. The highest BCUT2D eigenvalue weighted by molar-refractivity contribution is 7.15. The van der Waals surface area contributed by atoms with Crippen LogP contribution in [0.15, 0.2) is 18.2 Å². The first-order valence-corrected chi connectivity index (χ1v) is 7.08. The fraction of sp³-hybridized carbons (Fsp3) is 0.231. The fourth-order valence-electron chi connectivity index (χ4n) is 1.62. The van der Waals surface area contributed by atoms with Gasteiger partial charge in [0.15, 0.2) is 0 Å². The number of rotatable bonds is 3. The molecule has 0 amide bonds. The molecular weight excluding hydrogens is 287 g/mol. The van der Waals surface area contributed by atoms with E-state index in [4.69, 9.17) is 28.5 Å². The van der Waals surface area contributed by atoms with E-state index < -0.39 is 0 Å². The van der Waals surface area contributed by atoms with Crippen LogP contribution in [-0.2, 0) is 6.42 Å². The quantitative estimate of drug-likeness (QED) is 0.804. The lowest BCUT2D eigenvalue weighted by atomic mass is 10.2. The molecular formula is C13H10Cl2N2S. The van der Waals surface area contributed by atoms with Crippen LogP contribution in [0.3, 0.4) is 0 Å². The van der Waals surface area contributed by atoms with E-state index in [-0.39, 0.29) is 0 Å². The standard InChI is InChI=1S/C13H10Cl2N2S/c1-2-3-11-12(7-16)18-13(17-11)9-5-4-8(14)6-10(9)15/h4-6H,2-3H2,1H3. The van der Waals surface area contributed by atoms with Gasteiger partial charge in [0.25, 0.3) is 0 Å². The summed E-state index contributed by atoms with van der Waals surface area (Å²) in [5.74, 6) is 0. The Hall–Kier alpha value is -1.08. The van der Waals surface area contributed by atoms with E-state index in [9.17, 15) is 0 Å². The average Bonchev–Trinajstić information content (AvgIpc) is 2.72. The van der Waals surface area contributed by atoms with Gasteiger partial charge in [-0.05, 0) is 24.6 Å². The highest BCUT2D eigenvalue weighted by Gasteiger charge is 2.14. The second kappa shape index (κ2) is 5.71. The van der Waals surface area contributed by atoms with Gasteiger partial charge >= 0.3 is 0 Å². The molecule has 0 aliphatic heterocycles. The summed E-state index contributed by atoms with van der Waals surface area (Å²) in [5.41, 5.74) is 1.68. The summed E-state index contributed by atoms with van der Waals surface area (Å²) in [6.45, 7) is 2.06. The van der Waals surface area contributed by atoms with Crippen molar-refractivity contribution in [3.8, 4) is 16.6 Å². The summed E-state index contributed by atoms with van der Waals surface area (Å²) in [5, 5.41) is 11.0. The number of nitrogens with zero attached hydrogens (tertiary/aromatic N) is 2. The first-order chi connectivity index (χ1) is 8.65. The first-order valence-electron chi connectivity index (χ1n) is 5.51. The number of benzene rings is 1. The van der Waals surface area contributed by atoms with Crippen molar-refractivity contribution in [3.05, 3.63) is 38.8 Å². The summed E-state index contributed by atoms with van der Waals surface area (Å²) in [6, 6.07) is 7.48. The predicted octanol–water partition coefficient (Wildman–Crippen LogP) is 4.94. The maximum Gasteiger partial charge on any atom is 0.128 e. The van der Waals surface area contributed by atoms with Crippen molar-refractivity contribution in [2.24, 2.45) is 0 Å². The van der Waals surface area contributed by atoms with Crippen LogP contribution in [0.2, 0.25) is 10.0 Å². The van der Waals surface area contributed by atoms with E-state index in [0.717, 1.165) is 29.1 Å². The summed E-state index contributed by atoms with van der Waals surface area (Å²) in [4.78, 5) is 5.16. The summed E-state index contributed by atoms with van der Waals surface area (Å²) < 4.78 is 0. The molecule has 2 nitrogen and oxygen atoms in total. The molecule has 0 unspecified atom stereocenters. The Morgan fingerprint density at radius 1 is 1.39 bits per heavy atom. The summed E-state index contributed by atoms with van der Waals surface area (Å²) in [6.07, 6.45) is 1.77. The van der Waals surface area contributed by atoms with Crippen LogP contribution < -0.4 is 0 Å². The Morgan fingerprint density at radius 2 is 2.17 bits per heavy atom. The van der Waals surface area contributed by atoms with Crippen LogP contribution >= 0.6 is 34.5 Å². The molecule has 2 rings (SSSR count). The van der Waals surface area contributed by atoms with Crippen LogP contribution in [0.1, 0.15) is 23.9 Å². The zero-order valence-corrected chi connectivity index (χ0v) is 12.0. The average molecular weight is 297 g/mol. The van der Waals surface area contributed by atoms with Gasteiger partial charge in [-0.2, -0.15) is 5.26 Å².